The summed E-state index contributed by atoms with van der Waals surface area (Å²) in [4.78, 5) is 0. The third-order valence-corrected chi connectivity index (χ3v) is 1.59. The Morgan fingerprint density at radius 3 is 3.09 bits per heavy atom. The normalized spacial score (nSPS) is 14.8. The van der Waals surface area contributed by atoms with Crippen LogP contribution in [0.15, 0.2) is 34.6 Å². The van der Waals surface area contributed by atoms with Crippen molar-refractivity contribution in [2.45, 2.75) is 6.54 Å². The Morgan fingerprint density at radius 2 is 2.18 bits per heavy atom. The van der Waals surface area contributed by atoms with Crippen molar-refractivity contribution in [2.75, 3.05) is 0 Å². The summed E-state index contributed by atoms with van der Waals surface area (Å²) in [6, 6.07) is 7.82. The molecular weight excluding hydrogens is 140 g/mol. The third kappa shape index (κ3) is 1.08. The fourth-order valence-corrected chi connectivity index (χ4v) is 1.05. The van der Waals surface area contributed by atoms with E-state index in [1.165, 1.54) is 5.12 Å². The van der Waals surface area contributed by atoms with E-state index in [1.54, 1.807) is 0 Å². The fraction of sp³-hybridized carbons (Fsp3) is 0.143. The topological polar surface area (TPSA) is 54.0 Å². The molecule has 0 spiro atoms. The van der Waals surface area contributed by atoms with E-state index in [0.29, 0.717) is 6.54 Å². The summed E-state index contributed by atoms with van der Waals surface area (Å²) in [6.07, 6.45) is 0. The first kappa shape index (κ1) is 6.30. The van der Waals surface area contributed by atoms with E-state index in [0.717, 1.165) is 11.3 Å². The summed E-state index contributed by atoms with van der Waals surface area (Å²) in [7, 11) is 0. The van der Waals surface area contributed by atoms with Crippen LogP contribution in [-0.4, -0.2) is 5.12 Å². The van der Waals surface area contributed by atoms with Gasteiger partial charge in [-0.2, -0.15) is 0 Å². The van der Waals surface area contributed by atoms with Crippen LogP contribution in [0.4, 0.5) is 5.69 Å². The van der Waals surface area contributed by atoms with Gasteiger partial charge in [0, 0.05) is 5.56 Å². The highest BCUT2D eigenvalue weighted by Gasteiger charge is 2.07. The van der Waals surface area contributed by atoms with Crippen LogP contribution in [0.1, 0.15) is 5.56 Å². The van der Waals surface area contributed by atoms with Gasteiger partial charge in [-0.15, -0.1) is 5.11 Å². The minimum absolute atomic E-state index is 0.639. The average Bonchev–Trinajstić information content (AvgIpc) is 2.04. The van der Waals surface area contributed by atoms with Crippen LogP contribution in [0.5, 0.6) is 0 Å². The molecule has 1 aromatic rings. The van der Waals surface area contributed by atoms with E-state index >= 15 is 0 Å². The van der Waals surface area contributed by atoms with E-state index in [9.17, 15) is 0 Å². The van der Waals surface area contributed by atoms with E-state index in [-0.39, 0.29) is 0 Å². The van der Waals surface area contributed by atoms with Crippen LogP contribution in [0, 0.1) is 0 Å². The van der Waals surface area contributed by atoms with Crippen molar-refractivity contribution < 1.29 is 0 Å². The van der Waals surface area contributed by atoms with Gasteiger partial charge in [0.2, 0.25) is 0 Å². The van der Waals surface area contributed by atoms with Crippen molar-refractivity contribution in [1.82, 2.24) is 5.12 Å². The molecular formula is C7H8N4. The van der Waals surface area contributed by atoms with E-state index in [2.05, 4.69) is 10.3 Å². The van der Waals surface area contributed by atoms with Crippen molar-refractivity contribution in [1.29, 1.82) is 0 Å². The van der Waals surface area contributed by atoms with Gasteiger partial charge >= 0.3 is 0 Å². The lowest BCUT2D eigenvalue weighted by Crippen LogP contribution is -2.25. The standard InChI is InChI=1S/C7H8N4/c8-11-5-6-3-1-2-4-7(6)9-10-11/h1-4H,5,8H2. The number of benzene rings is 1. The molecule has 0 radical (unpaired) electrons. The van der Waals surface area contributed by atoms with Crippen molar-refractivity contribution in [3.63, 3.8) is 0 Å². The predicted octanol–water partition coefficient (Wildman–Crippen LogP) is 1.37. The first-order valence-electron chi connectivity index (χ1n) is 3.38. The van der Waals surface area contributed by atoms with E-state index in [4.69, 9.17) is 5.84 Å². The molecule has 2 N–H and O–H groups in total. The molecule has 0 atom stereocenters. The number of rotatable bonds is 0. The molecule has 0 saturated heterocycles. The minimum Gasteiger partial charge on any atom is -0.230 e. The number of nitrogens with two attached hydrogens (primary N) is 1. The summed E-state index contributed by atoms with van der Waals surface area (Å²) in [5.41, 5.74) is 2.03. The second-order valence-electron chi connectivity index (χ2n) is 2.42. The van der Waals surface area contributed by atoms with E-state index < -0.39 is 0 Å². The molecule has 0 bridgehead atoms. The second-order valence-corrected chi connectivity index (χ2v) is 2.42. The average molecular weight is 148 g/mol. The van der Waals surface area contributed by atoms with Crippen LogP contribution in [-0.2, 0) is 6.54 Å². The zero-order valence-corrected chi connectivity index (χ0v) is 5.94. The maximum Gasteiger partial charge on any atom is 0.0925 e. The van der Waals surface area contributed by atoms with Gasteiger partial charge in [0.05, 0.1) is 12.2 Å². The zero-order valence-electron chi connectivity index (χ0n) is 5.94. The van der Waals surface area contributed by atoms with Gasteiger partial charge in [-0.3, -0.25) is 0 Å². The number of hydrazine groups is 1. The lowest BCUT2D eigenvalue weighted by molar-refractivity contribution is 0.262. The smallest absolute Gasteiger partial charge is 0.0925 e. The Morgan fingerprint density at radius 1 is 1.36 bits per heavy atom. The molecule has 2 rings (SSSR count). The van der Waals surface area contributed by atoms with Gasteiger partial charge < -0.3 is 0 Å². The van der Waals surface area contributed by atoms with Crippen LogP contribution in [0.3, 0.4) is 0 Å². The molecule has 0 amide bonds. The van der Waals surface area contributed by atoms with Crippen LogP contribution in [0.25, 0.3) is 0 Å². The Kier molecular flexibility index (Phi) is 1.33. The SMILES string of the molecule is NN1Cc2ccccc2N=N1. The van der Waals surface area contributed by atoms with Crippen LogP contribution < -0.4 is 5.84 Å². The highest BCUT2D eigenvalue weighted by molar-refractivity contribution is 5.45. The molecule has 0 aromatic heterocycles. The third-order valence-electron chi connectivity index (χ3n) is 1.59. The molecule has 0 saturated carbocycles. The molecule has 0 aliphatic carbocycles. The molecule has 4 nitrogen and oxygen atoms in total. The van der Waals surface area contributed by atoms with Crippen molar-refractivity contribution in [2.24, 2.45) is 16.2 Å². The number of hydrogen-bond donors (Lipinski definition) is 1. The second kappa shape index (κ2) is 2.32. The quantitative estimate of drug-likeness (QED) is 0.565. The molecule has 1 heterocycles. The summed E-state index contributed by atoms with van der Waals surface area (Å²) in [5.74, 6) is 5.42. The molecule has 11 heavy (non-hydrogen) atoms. The van der Waals surface area contributed by atoms with Crippen molar-refractivity contribution in [3.8, 4) is 0 Å². The van der Waals surface area contributed by atoms with Crippen LogP contribution >= 0.6 is 0 Å². The number of hydrogen-bond acceptors (Lipinski definition) is 4. The molecule has 1 aliphatic rings. The summed E-state index contributed by atoms with van der Waals surface area (Å²) in [6.45, 7) is 0.639. The lowest BCUT2D eigenvalue weighted by Gasteiger charge is -2.16. The molecule has 56 valence electrons. The maximum atomic E-state index is 5.42. The molecule has 1 aromatic carbocycles. The van der Waals surface area contributed by atoms with Gasteiger partial charge in [0.25, 0.3) is 0 Å². The van der Waals surface area contributed by atoms with Gasteiger partial charge in [-0.05, 0) is 6.07 Å². The van der Waals surface area contributed by atoms with Crippen molar-refractivity contribution >= 4 is 5.69 Å². The Balaban J connectivity index is 2.46. The first-order valence-corrected chi connectivity index (χ1v) is 3.38. The number of fused-ring (bicyclic) bond motifs is 1. The van der Waals surface area contributed by atoms with E-state index in [1.807, 2.05) is 24.3 Å². The Bertz CT molecular complexity index is 294. The monoisotopic (exact) mass is 148 g/mol. The fourth-order valence-electron chi connectivity index (χ4n) is 1.05. The van der Waals surface area contributed by atoms with Gasteiger partial charge in [0.15, 0.2) is 0 Å². The summed E-state index contributed by atoms with van der Waals surface area (Å²) in [5, 5.41) is 8.93. The predicted molar refractivity (Wildman–Crippen MR) is 40.7 cm³/mol. The Hall–Kier alpha value is -1.42. The van der Waals surface area contributed by atoms with Crippen LogP contribution in [0.2, 0.25) is 0 Å². The highest BCUT2D eigenvalue weighted by atomic mass is 15.7. The summed E-state index contributed by atoms with van der Waals surface area (Å²) < 4.78 is 0. The van der Waals surface area contributed by atoms with Gasteiger partial charge in [-0.1, -0.05) is 23.4 Å². The largest absolute Gasteiger partial charge is 0.230 e. The zero-order chi connectivity index (χ0) is 7.68. The molecule has 4 heteroatoms. The minimum atomic E-state index is 0.639. The molecule has 0 fully saturated rings. The number of nitrogens with zero attached hydrogens (tertiary/aromatic N) is 3. The lowest BCUT2D eigenvalue weighted by atomic mass is 10.2. The highest BCUT2D eigenvalue weighted by Crippen LogP contribution is 2.23. The Labute approximate surface area is 64.3 Å². The van der Waals surface area contributed by atoms with Gasteiger partial charge in [-0.25, -0.2) is 11.0 Å². The first-order chi connectivity index (χ1) is 5.36. The van der Waals surface area contributed by atoms with Crippen molar-refractivity contribution in [3.05, 3.63) is 29.8 Å². The summed E-state index contributed by atoms with van der Waals surface area (Å²) >= 11 is 0. The maximum absolute atomic E-state index is 5.42. The molecule has 1 aliphatic heterocycles. The molecule has 0 unspecified atom stereocenters. The van der Waals surface area contributed by atoms with Gasteiger partial charge in [0.1, 0.15) is 0 Å².